The second-order valence-corrected chi connectivity index (χ2v) is 19.3. The second-order valence-electron chi connectivity index (χ2n) is 19.3. The van der Waals surface area contributed by atoms with Crippen molar-refractivity contribution in [3.8, 4) is 5.75 Å². The van der Waals surface area contributed by atoms with Gasteiger partial charge in [-0.05, 0) is 141 Å². The molecule has 6 aliphatic heterocycles. The molecular weight excluding hydrogens is 897 g/mol. The molecule has 70 heavy (non-hydrogen) atoms. The van der Waals surface area contributed by atoms with Crippen LogP contribution in [-0.4, -0.2) is 113 Å². The van der Waals surface area contributed by atoms with Crippen molar-refractivity contribution in [2.24, 2.45) is 11.3 Å². The summed E-state index contributed by atoms with van der Waals surface area (Å²) < 4.78 is 35.3. The first-order valence-corrected chi connectivity index (χ1v) is 24.1. The first kappa shape index (κ1) is 46.6. The van der Waals surface area contributed by atoms with Gasteiger partial charge in [-0.2, -0.15) is 0 Å². The number of nitrogens with one attached hydrogen (secondary N) is 4. The summed E-state index contributed by atoms with van der Waals surface area (Å²) in [7, 11) is 0. The molecule has 6 fully saturated rings. The third-order valence-corrected chi connectivity index (χ3v) is 14.7. The second kappa shape index (κ2) is 19.7. The lowest BCUT2D eigenvalue weighted by atomic mass is 9.84. The van der Waals surface area contributed by atoms with E-state index >= 15 is 4.39 Å². The molecule has 3 unspecified atom stereocenters. The lowest BCUT2D eigenvalue weighted by molar-refractivity contribution is -0.137. The number of imide groups is 1. The van der Waals surface area contributed by atoms with Crippen LogP contribution in [0.2, 0.25) is 0 Å². The number of pyridine rings is 1. The quantitative estimate of drug-likeness (QED) is 0.0413. The van der Waals surface area contributed by atoms with E-state index in [0.717, 1.165) is 76.0 Å². The lowest BCUT2D eigenvalue weighted by Gasteiger charge is -2.57. The number of hydrogen-bond donors (Lipinski definition) is 4. The summed E-state index contributed by atoms with van der Waals surface area (Å²) in [5, 5.41) is 15.6. The maximum atomic E-state index is 15.8. The van der Waals surface area contributed by atoms with E-state index in [1.807, 2.05) is 12.1 Å². The van der Waals surface area contributed by atoms with Gasteiger partial charge in [0.05, 0.1) is 16.9 Å². The summed E-state index contributed by atoms with van der Waals surface area (Å²) in [4.78, 5) is 76.5. The van der Waals surface area contributed by atoms with Crippen molar-refractivity contribution in [1.29, 1.82) is 5.41 Å². The van der Waals surface area contributed by atoms with Crippen LogP contribution in [0.4, 0.5) is 25.8 Å². The summed E-state index contributed by atoms with van der Waals surface area (Å²) in [6.07, 6.45) is 13.7. The Kier molecular flexibility index (Phi) is 13.1. The molecule has 15 nitrogen and oxygen atoms in total. The predicted molar refractivity (Wildman–Crippen MR) is 260 cm³/mol. The number of carbonyl (C=O) groups is 5. The van der Waals surface area contributed by atoms with Crippen LogP contribution in [-0.2, 0) is 25.7 Å². The highest BCUT2D eigenvalue weighted by Crippen LogP contribution is 2.47. The lowest BCUT2D eigenvalue weighted by Crippen LogP contribution is -2.69. The molecule has 0 spiro atoms. The van der Waals surface area contributed by atoms with E-state index < -0.39 is 35.0 Å². The summed E-state index contributed by atoms with van der Waals surface area (Å²) in [5.41, 5.74) is 2.80. The van der Waals surface area contributed by atoms with Gasteiger partial charge in [-0.25, -0.2) is 8.78 Å². The molecule has 7 heterocycles. The fourth-order valence-electron chi connectivity index (χ4n) is 10.6. The number of nitrogens with zero attached hydrogens (tertiary/aromatic N) is 5. The Morgan fingerprint density at radius 1 is 0.900 bits per heavy atom. The highest BCUT2D eigenvalue weighted by Gasteiger charge is 2.56. The highest BCUT2D eigenvalue weighted by atomic mass is 19.1. The molecular formula is C53H55F2N9O6. The molecule has 362 valence electrons. The SMILES string of the molecule is N=C/C=C(/Oc1ccc(NC(=O)C2(C(=O)Nc3ccc(F)cc3)CC2)cc1)c1ccc(N2CCC(CN3C4CC3CN(CC/C=C\c3cc5c(cn3)C(=O)N(C3CCC(=O)NC3=O)C5)C4)CC2)c(F)c1. The molecule has 0 radical (unpaired) electrons. The van der Waals surface area contributed by atoms with E-state index in [2.05, 4.69) is 41.7 Å². The zero-order valence-electron chi connectivity index (χ0n) is 38.7. The number of allylic oxidation sites excluding steroid dienone is 1. The maximum absolute atomic E-state index is 15.8. The number of amides is 5. The number of fused-ring (bicyclic) bond motifs is 3. The van der Waals surface area contributed by atoms with Crippen LogP contribution in [0.1, 0.15) is 78.5 Å². The van der Waals surface area contributed by atoms with Crippen LogP contribution in [0.5, 0.6) is 5.75 Å². The van der Waals surface area contributed by atoms with Crippen LogP contribution in [0.3, 0.4) is 0 Å². The van der Waals surface area contributed by atoms with Crippen molar-refractivity contribution in [3.05, 3.63) is 125 Å². The van der Waals surface area contributed by atoms with Crippen molar-refractivity contribution in [1.82, 2.24) is 25.0 Å². The topological polar surface area (TPSA) is 180 Å². The Morgan fingerprint density at radius 3 is 2.26 bits per heavy atom. The van der Waals surface area contributed by atoms with Crippen molar-refractivity contribution < 1.29 is 37.5 Å². The van der Waals surface area contributed by atoms with Gasteiger partial charge in [-0.15, -0.1) is 0 Å². The monoisotopic (exact) mass is 951 g/mol. The Hall–Kier alpha value is -7.11. The smallest absolute Gasteiger partial charge is 0.256 e. The van der Waals surface area contributed by atoms with E-state index in [1.165, 1.54) is 42.8 Å². The zero-order valence-corrected chi connectivity index (χ0v) is 38.7. The third-order valence-electron chi connectivity index (χ3n) is 14.7. The number of benzene rings is 3. The predicted octanol–water partition coefficient (Wildman–Crippen LogP) is 6.63. The minimum Gasteiger partial charge on any atom is -0.457 e. The number of piperazine rings is 1. The number of ether oxygens (including phenoxy) is 1. The van der Waals surface area contributed by atoms with Gasteiger partial charge in [0.15, 0.2) is 0 Å². The first-order chi connectivity index (χ1) is 33.9. The largest absolute Gasteiger partial charge is 0.457 e. The number of aromatic nitrogens is 1. The summed E-state index contributed by atoms with van der Waals surface area (Å²) in [6.45, 7) is 5.96. The number of anilines is 3. The van der Waals surface area contributed by atoms with E-state index in [9.17, 15) is 28.4 Å². The molecule has 7 aliphatic rings. The number of piperidine rings is 3. The highest BCUT2D eigenvalue weighted by molar-refractivity contribution is 6.17. The standard InChI is InChI=1S/C53H55F2N9O6/c54-36-5-7-37(8-6-36)58-51(68)53(19-20-53)52(69)59-38-9-11-42(12-10-38)70-47(16-21-56)34-4-13-45(44(55)26-34)62-23-17-33(18-24-62)29-63-40-27-41(63)32-61(31-40)22-2-1-3-39-25-35-30-64(50(67)43(35)28-57-39)46-14-15-48(65)60-49(46)66/h1,3-13,16,21,25-26,28,33,40-41,46,56H,2,14-15,17-20,22-24,27,29-32H2,(H,58,68)(H,59,69)(H,60,65,66)/b3-1-,47-16+,56-21?. The van der Waals surface area contributed by atoms with Gasteiger partial charge in [-0.1, -0.05) is 6.08 Å². The van der Waals surface area contributed by atoms with Crippen molar-refractivity contribution in [2.45, 2.75) is 76.0 Å². The molecule has 1 aliphatic carbocycles. The normalized spacial score (nSPS) is 22.3. The van der Waals surface area contributed by atoms with Gasteiger partial charge < -0.3 is 30.6 Å². The molecule has 4 aromatic rings. The average molecular weight is 952 g/mol. The molecule has 5 amide bonds. The maximum Gasteiger partial charge on any atom is 0.256 e. The molecule has 3 atom stereocenters. The zero-order chi connectivity index (χ0) is 48.5. The first-order valence-electron chi connectivity index (χ1n) is 24.1. The number of rotatable bonds is 16. The number of carbonyl (C=O) groups excluding carboxylic acids is 5. The van der Waals surface area contributed by atoms with Crippen LogP contribution in [0.25, 0.3) is 11.8 Å². The van der Waals surface area contributed by atoms with Gasteiger partial charge >= 0.3 is 0 Å². The molecule has 17 heteroatoms. The number of halogens is 2. The van der Waals surface area contributed by atoms with E-state index in [0.29, 0.717) is 77.7 Å². The molecule has 3 aromatic carbocycles. The van der Waals surface area contributed by atoms with Gasteiger partial charge in [0.25, 0.3) is 5.91 Å². The van der Waals surface area contributed by atoms with Crippen molar-refractivity contribution in [3.63, 3.8) is 0 Å². The van der Waals surface area contributed by atoms with Gasteiger partial charge in [0.1, 0.15) is 34.6 Å². The van der Waals surface area contributed by atoms with E-state index in [1.54, 1.807) is 47.5 Å². The molecule has 1 aromatic heterocycles. The Bertz CT molecular complexity index is 2760. The minimum atomic E-state index is -1.21. The average Bonchev–Trinajstić information content (AvgIpc) is 4.12. The molecule has 5 saturated heterocycles. The van der Waals surface area contributed by atoms with Gasteiger partial charge in [-0.3, -0.25) is 44.1 Å². The molecule has 1 saturated carbocycles. The minimum absolute atomic E-state index is 0.220. The van der Waals surface area contributed by atoms with Crippen molar-refractivity contribution in [2.75, 3.05) is 54.8 Å². The van der Waals surface area contributed by atoms with Crippen LogP contribution >= 0.6 is 0 Å². The van der Waals surface area contributed by atoms with Crippen LogP contribution < -0.4 is 25.6 Å². The van der Waals surface area contributed by atoms with Crippen LogP contribution in [0.15, 0.2) is 91.1 Å². The fraction of sp³-hybridized carbons (Fsp3) is 0.377. The summed E-state index contributed by atoms with van der Waals surface area (Å²) in [6, 6.07) is 19.3. The number of hydrogen-bond acceptors (Lipinski definition) is 11. The van der Waals surface area contributed by atoms with Crippen molar-refractivity contribution >= 4 is 64.6 Å². The fourth-order valence-corrected chi connectivity index (χ4v) is 10.6. The Morgan fingerprint density at radius 2 is 1.60 bits per heavy atom. The molecule has 2 bridgehead atoms. The Labute approximate surface area is 404 Å². The molecule has 11 rings (SSSR count). The van der Waals surface area contributed by atoms with Crippen LogP contribution in [0, 0.1) is 28.4 Å². The third kappa shape index (κ3) is 9.85. The Balaban J connectivity index is 0.653. The summed E-state index contributed by atoms with van der Waals surface area (Å²) in [5.74, 6) is -1.38. The molecule has 4 N–H and O–H groups in total. The van der Waals surface area contributed by atoms with E-state index in [-0.39, 0.29) is 29.8 Å². The van der Waals surface area contributed by atoms with Gasteiger partial charge in [0.2, 0.25) is 23.6 Å². The summed E-state index contributed by atoms with van der Waals surface area (Å²) >= 11 is 0. The van der Waals surface area contributed by atoms with Gasteiger partial charge in [0, 0.05) is 93.7 Å². The van der Waals surface area contributed by atoms with E-state index in [4.69, 9.17) is 10.1 Å².